The summed E-state index contributed by atoms with van der Waals surface area (Å²) in [4.78, 5) is 2.29. The lowest BCUT2D eigenvalue weighted by Gasteiger charge is -2.23. The van der Waals surface area contributed by atoms with Gasteiger partial charge >= 0.3 is 0 Å². The molecule has 1 aromatic carbocycles. The van der Waals surface area contributed by atoms with Gasteiger partial charge in [-0.05, 0) is 30.7 Å². The first kappa shape index (κ1) is 15.1. The zero-order valence-electron chi connectivity index (χ0n) is 12.3. The minimum absolute atomic E-state index is 0.205. The van der Waals surface area contributed by atoms with Crippen molar-refractivity contribution in [3.8, 4) is 11.5 Å². The van der Waals surface area contributed by atoms with E-state index in [0.717, 1.165) is 31.1 Å². The molecule has 1 aliphatic heterocycles. The highest BCUT2D eigenvalue weighted by atomic mass is 16.6. The van der Waals surface area contributed by atoms with Crippen LogP contribution in [0.2, 0.25) is 0 Å². The van der Waals surface area contributed by atoms with Crippen LogP contribution >= 0.6 is 0 Å². The lowest BCUT2D eigenvalue weighted by atomic mass is 10.1. The van der Waals surface area contributed by atoms with Crippen LogP contribution in [0.4, 0.5) is 0 Å². The maximum atomic E-state index is 9.18. The third-order valence-corrected chi connectivity index (χ3v) is 3.51. The number of benzene rings is 1. The molecule has 0 saturated carbocycles. The van der Waals surface area contributed by atoms with Crippen molar-refractivity contribution in [3.05, 3.63) is 23.8 Å². The van der Waals surface area contributed by atoms with E-state index in [1.165, 1.54) is 24.8 Å². The van der Waals surface area contributed by atoms with Gasteiger partial charge in [-0.2, -0.15) is 0 Å². The Bertz CT molecular complexity index is 409. The van der Waals surface area contributed by atoms with Gasteiger partial charge in [0.05, 0.1) is 6.61 Å². The molecule has 0 atom stereocenters. The Morgan fingerprint density at radius 2 is 1.90 bits per heavy atom. The van der Waals surface area contributed by atoms with Crippen LogP contribution in [0.25, 0.3) is 0 Å². The van der Waals surface area contributed by atoms with Crippen LogP contribution in [0.5, 0.6) is 11.5 Å². The van der Waals surface area contributed by atoms with E-state index in [1.54, 1.807) is 0 Å². The molecule has 1 aromatic rings. The van der Waals surface area contributed by atoms with Crippen LogP contribution in [0.3, 0.4) is 0 Å². The smallest absolute Gasteiger partial charge is 0.161 e. The molecule has 0 aliphatic carbocycles. The molecule has 4 heteroatoms. The van der Waals surface area contributed by atoms with Gasteiger partial charge in [-0.3, -0.25) is 4.90 Å². The molecule has 4 nitrogen and oxygen atoms in total. The third kappa shape index (κ3) is 4.39. The first-order valence-electron chi connectivity index (χ1n) is 7.55. The summed E-state index contributed by atoms with van der Waals surface area (Å²) in [6.07, 6.45) is 3.64. The Hall–Kier alpha value is -1.26. The average molecular weight is 279 g/mol. The van der Waals surface area contributed by atoms with Crippen molar-refractivity contribution >= 4 is 0 Å². The molecule has 0 radical (unpaired) electrons. The Labute approximate surface area is 121 Å². The molecule has 0 amide bonds. The minimum atomic E-state index is 0.205. The molecule has 2 rings (SSSR count). The maximum Gasteiger partial charge on any atom is 0.161 e. The van der Waals surface area contributed by atoms with Crippen LogP contribution < -0.4 is 9.47 Å². The molecule has 0 aromatic heterocycles. The van der Waals surface area contributed by atoms with Crippen LogP contribution in [-0.2, 0) is 6.54 Å². The Morgan fingerprint density at radius 3 is 2.65 bits per heavy atom. The molecule has 1 aliphatic rings. The predicted molar refractivity (Wildman–Crippen MR) is 79.3 cm³/mol. The second-order valence-electron chi connectivity index (χ2n) is 5.18. The molecule has 0 spiro atoms. The average Bonchev–Trinajstić information content (AvgIpc) is 2.47. The van der Waals surface area contributed by atoms with Crippen LogP contribution in [0, 0.1) is 0 Å². The second kappa shape index (κ2) is 8.12. The van der Waals surface area contributed by atoms with Crippen molar-refractivity contribution in [2.45, 2.75) is 32.7 Å². The fraction of sp³-hybridized carbons (Fsp3) is 0.625. The molecule has 0 fully saturated rings. The third-order valence-electron chi connectivity index (χ3n) is 3.51. The SMILES string of the molecule is CCCCCN(CCO)Cc1ccc2c(c1)OCCO2. The number of ether oxygens (including phenoxy) is 2. The summed E-state index contributed by atoms with van der Waals surface area (Å²) in [7, 11) is 0. The minimum Gasteiger partial charge on any atom is -0.486 e. The number of nitrogens with zero attached hydrogens (tertiary/aromatic N) is 1. The Kier molecular flexibility index (Phi) is 6.15. The lowest BCUT2D eigenvalue weighted by molar-refractivity contribution is 0.170. The maximum absolute atomic E-state index is 9.18. The zero-order chi connectivity index (χ0) is 14.2. The van der Waals surface area contributed by atoms with E-state index in [9.17, 15) is 5.11 Å². The van der Waals surface area contributed by atoms with E-state index in [-0.39, 0.29) is 6.61 Å². The quantitative estimate of drug-likeness (QED) is 0.742. The summed E-state index contributed by atoms with van der Waals surface area (Å²) in [5.74, 6) is 1.67. The van der Waals surface area contributed by atoms with Crippen molar-refractivity contribution in [2.75, 3.05) is 32.9 Å². The highest BCUT2D eigenvalue weighted by Gasteiger charge is 2.13. The van der Waals surface area contributed by atoms with Gasteiger partial charge in [0.1, 0.15) is 13.2 Å². The van der Waals surface area contributed by atoms with Crippen molar-refractivity contribution in [3.63, 3.8) is 0 Å². The van der Waals surface area contributed by atoms with Gasteiger partial charge in [0, 0.05) is 13.1 Å². The Balaban J connectivity index is 1.94. The topological polar surface area (TPSA) is 41.9 Å². The fourth-order valence-electron chi connectivity index (χ4n) is 2.44. The zero-order valence-corrected chi connectivity index (χ0v) is 12.3. The van der Waals surface area contributed by atoms with E-state index in [4.69, 9.17) is 9.47 Å². The summed E-state index contributed by atoms with van der Waals surface area (Å²) in [5.41, 5.74) is 1.21. The van der Waals surface area contributed by atoms with Crippen LogP contribution in [0.1, 0.15) is 31.7 Å². The number of fused-ring (bicyclic) bond motifs is 1. The van der Waals surface area contributed by atoms with E-state index in [0.29, 0.717) is 13.2 Å². The van der Waals surface area contributed by atoms with Gasteiger partial charge in [0.2, 0.25) is 0 Å². The van der Waals surface area contributed by atoms with Crippen LogP contribution in [0.15, 0.2) is 18.2 Å². The fourth-order valence-corrected chi connectivity index (χ4v) is 2.44. The van der Waals surface area contributed by atoms with E-state index in [2.05, 4.69) is 24.0 Å². The first-order valence-corrected chi connectivity index (χ1v) is 7.55. The van der Waals surface area contributed by atoms with E-state index >= 15 is 0 Å². The summed E-state index contributed by atoms with van der Waals surface area (Å²) in [5, 5.41) is 9.18. The van der Waals surface area contributed by atoms with Gasteiger partial charge in [0.25, 0.3) is 0 Å². The number of hydrogen-bond acceptors (Lipinski definition) is 4. The summed E-state index contributed by atoms with van der Waals surface area (Å²) >= 11 is 0. The highest BCUT2D eigenvalue weighted by molar-refractivity contribution is 5.43. The van der Waals surface area contributed by atoms with Crippen molar-refractivity contribution in [2.24, 2.45) is 0 Å². The molecule has 0 bridgehead atoms. The summed E-state index contributed by atoms with van der Waals surface area (Å²) < 4.78 is 11.1. The molecule has 112 valence electrons. The molecule has 1 N–H and O–H groups in total. The van der Waals surface area contributed by atoms with Gasteiger partial charge < -0.3 is 14.6 Å². The predicted octanol–water partition coefficient (Wildman–Crippen LogP) is 2.44. The molecule has 1 heterocycles. The molecule has 0 unspecified atom stereocenters. The van der Waals surface area contributed by atoms with Crippen LogP contribution in [-0.4, -0.2) is 42.9 Å². The number of hydrogen-bond donors (Lipinski definition) is 1. The van der Waals surface area contributed by atoms with Gasteiger partial charge in [-0.15, -0.1) is 0 Å². The molecule has 0 saturated heterocycles. The summed E-state index contributed by atoms with van der Waals surface area (Å²) in [6, 6.07) is 6.11. The largest absolute Gasteiger partial charge is 0.486 e. The molecular formula is C16H25NO3. The van der Waals surface area contributed by atoms with E-state index in [1.807, 2.05) is 6.07 Å². The normalized spacial score (nSPS) is 13.8. The summed E-state index contributed by atoms with van der Waals surface area (Å²) in [6.45, 7) is 6.25. The molecular weight excluding hydrogens is 254 g/mol. The van der Waals surface area contributed by atoms with Gasteiger partial charge in [-0.25, -0.2) is 0 Å². The monoisotopic (exact) mass is 279 g/mol. The van der Waals surface area contributed by atoms with E-state index < -0.39 is 0 Å². The standard InChI is InChI=1S/C16H25NO3/c1-2-3-4-7-17(8-9-18)13-14-5-6-15-16(12-14)20-11-10-19-15/h5-6,12,18H,2-4,7-11,13H2,1H3. The van der Waals surface area contributed by atoms with Crippen molar-refractivity contribution < 1.29 is 14.6 Å². The number of aliphatic hydroxyl groups is 1. The highest BCUT2D eigenvalue weighted by Crippen LogP contribution is 2.31. The molecule has 20 heavy (non-hydrogen) atoms. The number of aliphatic hydroxyl groups excluding tert-OH is 1. The second-order valence-corrected chi connectivity index (χ2v) is 5.18. The Morgan fingerprint density at radius 1 is 1.10 bits per heavy atom. The van der Waals surface area contributed by atoms with Crippen molar-refractivity contribution in [1.29, 1.82) is 0 Å². The van der Waals surface area contributed by atoms with Gasteiger partial charge in [-0.1, -0.05) is 25.8 Å². The lowest BCUT2D eigenvalue weighted by Crippen LogP contribution is -2.27. The first-order chi connectivity index (χ1) is 9.83. The van der Waals surface area contributed by atoms with Crippen molar-refractivity contribution in [1.82, 2.24) is 4.90 Å². The number of rotatable bonds is 8. The van der Waals surface area contributed by atoms with Gasteiger partial charge in [0.15, 0.2) is 11.5 Å². The number of unbranched alkanes of at least 4 members (excludes halogenated alkanes) is 2.